The van der Waals surface area contributed by atoms with Crippen LogP contribution in [-0.2, 0) is 4.79 Å². The zero-order chi connectivity index (χ0) is 17.0. The van der Waals surface area contributed by atoms with Crippen LogP contribution in [0, 0.1) is 11.3 Å². The van der Waals surface area contributed by atoms with Gasteiger partial charge in [-0.15, -0.1) is 0 Å². The predicted octanol–water partition coefficient (Wildman–Crippen LogP) is 2.37. The molecule has 0 bridgehead atoms. The van der Waals surface area contributed by atoms with Crippen molar-refractivity contribution in [3.63, 3.8) is 0 Å². The second kappa shape index (κ2) is 6.50. The van der Waals surface area contributed by atoms with E-state index in [9.17, 15) is 14.7 Å². The predicted molar refractivity (Wildman–Crippen MR) is 77.3 cm³/mol. The van der Waals surface area contributed by atoms with Gasteiger partial charge in [-0.1, -0.05) is 12.1 Å². The molecule has 0 unspecified atom stereocenters. The van der Waals surface area contributed by atoms with Gasteiger partial charge in [0, 0.05) is 18.2 Å². The monoisotopic (exact) mass is 297 g/mol. The summed E-state index contributed by atoms with van der Waals surface area (Å²) in [5, 5.41) is 27.4. The van der Waals surface area contributed by atoms with Gasteiger partial charge in [-0.3, -0.25) is 9.59 Å². The molecule has 2 rings (SSSR count). The Morgan fingerprint density at radius 1 is 1.32 bits per heavy atom. The molecule has 22 heavy (non-hydrogen) atoms. The van der Waals surface area contributed by atoms with E-state index in [-0.39, 0.29) is 35.9 Å². The van der Waals surface area contributed by atoms with Crippen LogP contribution in [0.3, 0.4) is 0 Å². The number of nitriles is 1. The molecule has 0 atom stereocenters. The van der Waals surface area contributed by atoms with Gasteiger partial charge in [0.1, 0.15) is 11.4 Å². The van der Waals surface area contributed by atoms with Gasteiger partial charge >= 0.3 is 5.97 Å². The first-order chi connectivity index (χ1) is 10.9. The summed E-state index contributed by atoms with van der Waals surface area (Å²) in [5.41, 5.74) is 1.05. The Kier molecular flexibility index (Phi) is 4.07. The van der Waals surface area contributed by atoms with E-state index in [0.717, 1.165) is 0 Å². The molecule has 6 heteroatoms. The van der Waals surface area contributed by atoms with E-state index < -0.39 is 11.8 Å². The topological polar surface area (TPSA) is 111 Å². The fourth-order valence-electron chi connectivity index (χ4n) is 1.88. The first-order valence-corrected chi connectivity index (χ1v) is 6.37. The molecule has 1 aromatic carbocycles. The van der Waals surface area contributed by atoms with Crippen molar-refractivity contribution < 1.29 is 21.2 Å². The number of carbonyl (C=O) groups excluding carboxylic acids is 1. The summed E-state index contributed by atoms with van der Waals surface area (Å²) in [7, 11) is 0. The van der Waals surface area contributed by atoms with Gasteiger partial charge in [0.05, 0.1) is 19.4 Å². The van der Waals surface area contributed by atoms with Crippen molar-refractivity contribution in [2.45, 2.75) is 12.8 Å². The van der Waals surface area contributed by atoms with E-state index in [1.807, 2.05) is 6.07 Å². The summed E-state index contributed by atoms with van der Waals surface area (Å²) in [6.07, 6.45) is 0.771. The lowest BCUT2D eigenvalue weighted by molar-refractivity contribution is -0.136. The van der Waals surface area contributed by atoms with Crippen molar-refractivity contribution in [1.29, 1.82) is 5.26 Å². The highest BCUT2D eigenvalue weighted by atomic mass is 16.4. The summed E-state index contributed by atoms with van der Waals surface area (Å²) in [6.45, 7) is 0. The maximum Gasteiger partial charge on any atom is 0.303 e. The summed E-state index contributed by atoms with van der Waals surface area (Å²) >= 11 is 0. The number of carbonyl (C=O) groups is 2. The van der Waals surface area contributed by atoms with Gasteiger partial charge in [-0.2, -0.15) is 5.26 Å². The number of carboxylic acid groups (broad SMARTS) is 1. The second-order valence-electron chi connectivity index (χ2n) is 4.51. The molecule has 0 saturated heterocycles. The van der Waals surface area contributed by atoms with Gasteiger partial charge in [0.15, 0.2) is 5.78 Å². The molecule has 0 aliphatic carbocycles. The minimum absolute atomic E-state index is 0.0916. The van der Waals surface area contributed by atoms with Gasteiger partial charge in [-0.25, -0.2) is 4.98 Å². The fourth-order valence-corrected chi connectivity index (χ4v) is 1.88. The van der Waals surface area contributed by atoms with E-state index in [4.69, 9.17) is 11.7 Å². The summed E-state index contributed by atoms with van der Waals surface area (Å²) < 4.78 is 7.56. The number of carboxylic acids is 1. The molecule has 0 fully saturated rings. The van der Waals surface area contributed by atoms with Crippen LogP contribution in [0.1, 0.15) is 30.3 Å². The average molecular weight is 297 g/mol. The van der Waals surface area contributed by atoms with Crippen LogP contribution in [0.15, 0.2) is 36.5 Å². The van der Waals surface area contributed by atoms with Crippen LogP contribution in [0.4, 0.5) is 0 Å². The standard InChI is InChI=1S/C16H12N2O4/c17-8-10-2-1-3-11(6-10)12-7-14(20)16(18-9-12)13(19)4-5-15(21)22/h1-3,6-7,9,20H,4-5H2,(H,21,22)/i2D. The molecule has 0 spiro atoms. The third kappa shape index (κ3) is 3.46. The van der Waals surface area contributed by atoms with E-state index in [2.05, 4.69) is 4.98 Å². The number of rotatable bonds is 5. The Morgan fingerprint density at radius 2 is 2.09 bits per heavy atom. The molecule has 2 aromatic rings. The molecule has 0 radical (unpaired) electrons. The normalized spacial score (nSPS) is 10.6. The first kappa shape index (κ1) is 13.8. The molecule has 0 amide bonds. The summed E-state index contributed by atoms with van der Waals surface area (Å²) in [6, 6.07) is 7.86. The molecular weight excluding hydrogens is 284 g/mol. The van der Waals surface area contributed by atoms with Crippen molar-refractivity contribution in [2.24, 2.45) is 0 Å². The highest BCUT2D eigenvalue weighted by Crippen LogP contribution is 2.26. The number of aromatic nitrogens is 1. The van der Waals surface area contributed by atoms with Crippen LogP contribution in [0.25, 0.3) is 11.1 Å². The van der Waals surface area contributed by atoms with Crippen molar-refractivity contribution in [1.82, 2.24) is 4.98 Å². The summed E-state index contributed by atoms with van der Waals surface area (Å²) in [5.74, 6) is -2.02. The Bertz CT molecular complexity index is 827. The van der Waals surface area contributed by atoms with Gasteiger partial charge in [-0.05, 0) is 23.7 Å². The number of pyridine rings is 1. The molecule has 0 aliphatic rings. The summed E-state index contributed by atoms with van der Waals surface area (Å²) in [4.78, 5) is 26.2. The lowest BCUT2D eigenvalue weighted by Gasteiger charge is -2.06. The number of aromatic hydroxyl groups is 1. The molecule has 2 N–H and O–H groups in total. The Balaban J connectivity index is 2.31. The second-order valence-corrected chi connectivity index (χ2v) is 4.51. The molecule has 0 saturated carbocycles. The highest BCUT2D eigenvalue weighted by Gasteiger charge is 2.15. The first-order valence-electron chi connectivity index (χ1n) is 6.87. The van der Waals surface area contributed by atoms with Gasteiger partial charge in [0.25, 0.3) is 0 Å². The van der Waals surface area contributed by atoms with Gasteiger partial charge in [0.2, 0.25) is 0 Å². The Morgan fingerprint density at radius 3 is 2.73 bits per heavy atom. The number of hydrogen-bond acceptors (Lipinski definition) is 5. The highest BCUT2D eigenvalue weighted by molar-refractivity contribution is 5.98. The van der Waals surface area contributed by atoms with Gasteiger partial charge < -0.3 is 10.2 Å². The molecule has 0 aliphatic heterocycles. The third-order valence-electron chi connectivity index (χ3n) is 2.95. The van der Waals surface area contributed by atoms with E-state index >= 15 is 0 Å². The van der Waals surface area contributed by atoms with E-state index in [0.29, 0.717) is 11.1 Å². The number of nitrogens with zero attached hydrogens (tertiary/aromatic N) is 2. The van der Waals surface area contributed by atoms with Crippen LogP contribution >= 0.6 is 0 Å². The Labute approximate surface area is 127 Å². The third-order valence-corrected chi connectivity index (χ3v) is 2.95. The smallest absolute Gasteiger partial charge is 0.303 e. The number of hydrogen-bond donors (Lipinski definition) is 2. The number of aliphatic carboxylic acids is 1. The van der Waals surface area contributed by atoms with Crippen LogP contribution in [0.2, 0.25) is 0 Å². The number of ketones is 1. The van der Waals surface area contributed by atoms with Crippen molar-refractivity contribution in [3.8, 4) is 22.9 Å². The number of benzene rings is 1. The lowest BCUT2D eigenvalue weighted by atomic mass is 10.0. The van der Waals surface area contributed by atoms with E-state index in [1.54, 1.807) is 6.07 Å². The molecule has 6 nitrogen and oxygen atoms in total. The zero-order valence-electron chi connectivity index (χ0n) is 12.4. The van der Waals surface area contributed by atoms with Crippen molar-refractivity contribution in [3.05, 3.63) is 47.8 Å². The fraction of sp³-hybridized carbons (Fsp3) is 0.125. The lowest BCUT2D eigenvalue weighted by Crippen LogP contribution is -2.06. The minimum atomic E-state index is -1.10. The van der Waals surface area contributed by atoms with Crippen LogP contribution in [-0.4, -0.2) is 26.9 Å². The zero-order valence-corrected chi connectivity index (χ0v) is 11.4. The molecular formula is C16H12N2O4. The largest absolute Gasteiger partial charge is 0.506 e. The molecule has 110 valence electrons. The quantitative estimate of drug-likeness (QED) is 0.819. The Hall–Kier alpha value is -3.20. The SMILES string of the molecule is [2H]c1ccc(-c2cnc(C(=O)CCC(=O)O)c(O)c2)cc1C#N. The van der Waals surface area contributed by atoms with Crippen molar-refractivity contribution in [2.75, 3.05) is 0 Å². The van der Waals surface area contributed by atoms with Crippen LogP contribution in [0.5, 0.6) is 5.75 Å². The molecule has 1 heterocycles. The minimum Gasteiger partial charge on any atom is -0.506 e. The van der Waals surface area contributed by atoms with Crippen LogP contribution < -0.4 is 0 Å². The number of Topliss-reactive ketones (excluding diaryl/α,β-unsaturated/α-hetero) is 1. The maximum absolute atomic E-state index is 11.8. The maximum atomic E-state index is 11.8. The van der Waals surface area contributed by atoms with E-state index in [1.165, 1.54) is 24.4 Å². The average Bonchev–Trinajstić information content (AvgIpc) is 2.53. The van der Waals surface area contributed by atoms with Crippen molar-refractivity contribution >= 4 is 11.8 Å². The molecule has 1 aromatic heterocycles.